The Balaban J connectivity index is 2.32. The molecule has 1 aromatic carbocycles. The number of halogens is 1. The Hall–Kier alpha value is -1.08. The van der Waals surface area contributed by atoms with Crippen LogP contribution in [-0.2, 0) is 4.79 Å². The van der Waals surface area contributed by atoms with Crippen LogP contribution >= 0.6 is 11.6 Å². The molecule has 2 heteroatoms. The highest BCUT2D eigenvalue weighted by Crippen LogP contribution is 2.26. The van der Waals surface area contributed by atoms with Gasteiger partial charge in [0.15, 0.2) is 5.78 Å². The van der Waals surface area contributed by atoms with Gasteiger partial charge in [0.05, 0.1) is 5.38 Å². The van der Waals surface area contributed by atoms with Gasteiger partial charge in [-0.3, -0.25) is 4.79 Å². The highest BCUT2D eigenvalue weighted by atomic mass is 35.5. The number of allylic oxidation sites excluding steroid dienone is 1. The molecule has 2 rings (SSSR count). The van der Waals surface area contributed by atoms with Crippen LogP contribution in [0.5, 0.6) is 0 Å². The molecular weight excluding hydrogens is 232 g/mol. The standard InChI is InChI=1S/C15H17ClO/c1-10-6-7-12(11(2)8-10)9-13-4-3-5-14(16)15(13)17/h6-9,14H,3-5H2,1-2H3. The van der Waals surface area contributed by atoms with E-state index in [0.29, 0.717) is 0 Å². The number of aryl methyl sites for hydroxylation is 2. The van der Waals surface area contributed by atoms with Crippen molar-refractivity contribution in [3.8, 4) is 0 Å². The molecule has 0 heterocycles. The van der Waals surface area contributed by atoms with Gasteiger partial charge in [-0.25, -0.2) is 0 Å². The van der Waals surface area contributed by atoms with E-state index >= 15 is 0 Å². The summed E-state index contributed by atoms with van der Waals surface area (Å²) >= 11 is 6.00. The highest BCUT2D eigenvalue weighted by Gasteiger charge is 2.24. The molecule has 0 radical (unpaired) electrons. The summed E-state index contributed by atoms with van der Waals surface area (Å²) in [5.41, 5.74) is 4.46. The molecule has 17 heavy (non-hydrogen) atoms. The molecule has 1 nitrogen and oxygen atoms in total. The summed E-state index contributed by atoms with van der Waals surface area (Å²) in [6.07, 6.45) is 4.68. The fourth-order valence-corrected chi connectivity index (χ4v) is 2.54. The smallest absolute Gasteiger partial charge is 0.176 e. The van der Waals surface area contributed by atoms with E-state index in [1.807, 2.05) is 6.08 Å². The third-order valence-electron chi connectivity index (χ3n) is 3.26. The molecule has 0 aromatic heterocycles. The van der Waals surface area contributed by atoms with Gasteiger partial charge < -0.3 is 0 Å². The molecule has 0 amide bonds. The average molecular weight is 249 g/mol. The summed E-state index contributed by atoms with van der Waals surface area (Å²) in [7, 11) is 0. The molecule has 0 saturated heterocycles. The molecule has 1 aliphatic carbocycles. The Morgan fingerprint density at radius 3 is 2.82 bits per heavy atom. The monoisotopic (exact) mass is 248 g/mol. The Kier molecular flexibility index (Phi) is 3.68. The highest BCUT2D eigenvalue weighted by molar-refractivity contribution is 6.34. The van der Waals surface area contributed by atoms with Gasteiger partial charge in [-0.15, -0.1) is 11.6 Å². The first-order chi connectivity index (χ1) is 8.08. The summed E-state index contributed by atoms with van der Waals surface area (Å²) in [5.74, 6) is 0.109. The second-order valence-electron chi connectivity index (χ2n) is 4.75. The second-order valence-corrected chi connectivity index (χ2v) is 5.28. The fourth-order valence-electron chi connectivity index (χ4n) is 2.25. The zero-order valence-corrected chi connectivity index (χ0v) is 11.1. The molecular formula is C15H17ClO. The molecule has 0 N–H and O–H groups in total. The van der Waals surface area contributed by atoms with E-state index in [1.54, 1.807) is 0 Å². The SMILES string of the molecule is Cc1ccc(C=C2CCCC(Cl)C2=O)c(C)c1. The van der Waals surface area contributed by atoms with E-state index < -0.39 is 0 Å². The average Bonchev–Trinajstić information content (AvgIpc) is 2.28. The van der Waals surface area contributed by atoms with Gasteiger partial charge in [-0.05, 0) is 55.9 Å². The quantitative estimate of drug-likeness (QED) is 0.541. The first-order valence-electron chi connectivity index (χ1n) is 6.04. The summed E-state index contributed by atoms with van der Waals surface area (Å²) in [6.45, 7) is 4.15. The predicted molar refractivity (Wildman–Crippen MR) is 72.4 cm³/mol. The number of benzene rings is 1. The minimum absolute atomic E-state index is 0.109. The summed E-state index contributed by atoms with van der Waals surface area (Å²) < 4.78 is 0. The third kappa shape index (κ3) is 2.78. The van der Waals surface area contributed by atoms with Gasteiger partial charge in [-0.2, -0.15) is 0 Å². The molecule has 0 bridgehead atoms. The van der Waals surface area contributed by atoms with Crippen molar-refractivity contribution in [2.24, 2.45) is 0 Å². The van der Waals surface area contributed by atoms with E-state index in [2.05, 4.69) is 32.0 Å². The molecule has 1 atom stereocenters. The maximum Gasteiger partial charge on any atom is 0.176 e. The fraction of sp³-hybridized carbons (Fsp3) is 0.400. The Labute approximate surface area is 107 Å². The Morgan fingerprint density at radius 2 is 2.12 bits per heavy atom. The second kappa shape index (κ2) is 5.05. The van der Waals surface area contributed by atoms with Crippen LogP contribution < -0.4 is 0 Å². The van der Waals surface area contributed by atoms with Crippen molar-refractivity contribution in [2.45, 2.75) is 38.5 Å². The minimum Gasteiger partial charge on any atom is -0.293 e. The van der Waals surface area contributed by atoms with E-state index in [4.69, 9.17) is 11.6 Å². The van der Waals surface area contributed by atoms with Crippen molar-refractivity contribution in [1.82, 2.24) is 0 Å². The first-order valence-corrected chi connectivity index (χ1v) is 6.47. The number of hydrogen-bond acceptors (Lipinski definition) is 1. The van der Waals surface area contributed by atoms with Crippen molar-refractivity contribution in [3.63, 3.8) is 0 Å². The number of ketones is 1. The molecule has 1 saturated carbocycles. The van der Waals surface area contributed by atoms with Crippen LogP contribution in [0.25, 0.3) is 6.08 Å². The molecule has 1 aliphatic rings. The molecule has 90 valence electrons. The lowest BCUT2D eigenvalue weighted by Gasteiger charge is -2.18. The van der Waals surface area contributed by atoms with Crippen LogP contribution in [0.3, 0.4) is 0 Å². The largest absolute Gasteiger partial charge is 0.293 e. The summed E-state index contributed by atoms with van der Waals surface area (Å²) in [6, 6.07) is 6.28. The Bertz CT molecular complexity index is 474. The van der Waals surface area contributed by atoms with Crippen LogP contribution in [0.4, 0.5) is 0 Å². The molecule has 1 aromatic rings. The van der Waals surface area contributed by atoms with Gasteiger partial charge in [0, 0.05) is 0 Å². The van der Waals surface area contributed by atoms with E-state index in [1.165, 1.54) is 11.1 Å². The lowest BCUT2D eigenvalue weighted by atomic mass is 9.91. The number of rotatable bonds is 1. The maximum atomic E-state index is 11.9. The number of alkyl halides is 1. The van der Waals surface area contributed by atoms with Crippen molar-refractivity contribution in [1.29, 1.82) is 0 Å². The molecule has 0 spiro atoms. The third-order valence-corrected chi connectivity index (χ3v) is 3.68. The van der Waals surface area contributed by atoms with E-state index in [-0.39, 0.29) is 11.2 Å². The zero-order valence-electron chi connectivity index (χ0n) is 10.3. The maximum absolute atomic E-state index is 11.9. The number of carbonyl (C=O) groups is 1. The zero-order chi connectivity index (χ0) is 12.4. The van der Waals surface area contributed by atoms with Gasteiger partial charge in [0.1, 0.15) is 0 Å². The van der Waals surface area contributed by atoms with Crippen LogP contribution in [0.1, 0.15) is 36.0 Å². The lowest BCUT2D eigenvalue weighted by Crippen LogP contribution is -2.21. The predicted octanol–water partition coefficient (Wildman–Crippen LogP) is 4.05. The van der Waals surface area contributed by atoms with Crippen LogP contribution in [-0.4, -0.2) is 11.2 Å². The van der Waals surface area contributed by atoms with Crippen molar-refractivity contribution >= 4 is 23.5 Å². The topological polar surface area (TPSA) is 17.1 Å². The van der Waals surface area contributed by atoms with E-state index in [0.717, 1.165) is 30.4 Å². The van der Waals surface area contributed by atoms with E-state index in [9.17, 15) is 4.79 Å². The number of carbonyl (C=O) groups excluding carboxylic acids is 1. The molecule has 1 fully saturated rings. The lowest BCUT2D eigenvalue weighted by molar-refractivity contribution is -0.116. The van der Waals surface area contributed by atoms with Gasteiger partial charge in [0.2, 0.25) is 0 Å². The van der Waals surface area contributed by atoms with Crippen molar-refractivity contribution in [2.75, 3.05) is 0 Å². The normalized spacial score (nSPS) is 23.1. The first kappa shape index (κ1) is 12.4. The molecule has 0 aliphatic heterocycles. The minimum atomic E-state index is -0.319. The summed E-state index contributed by atoms with van der Waals surface area (Å²) in [5, 5.41) is -0.319. The molecule has 1 unspecified atom stereocenters. The number of hydrogen-bond donors (Lipinski definition) is 0. The van der Waals surface area contributed by atoms with Crippen LogP contribution in [0.2, 0.25) is 0 Å². The van der Waals surface area contributed by atoms with Crippen molar-refractivity contribution in [3.05, 3.63) is 40.5 Å². The number of Topliss-reactive ketones (excluding diaryl/α,β-unsaturated/α-hetero) is 1. The Morgan fingerprint density at radius 1 is 1.35 bits per heavy atom. The van der Waals surface area contributed by atoms with Crippen LogP contribution in [0.15, 0.2) is 23.8 Å². The summed E-state index contributed by atoms with van der Waals surface area (Å²) in [4.78, 5) is 11.9. The van der Waals surface area contributed by atoms with Gasteiger partial charge in [-0.1, -0.05) is 23.8 Å². The van der Waals surface area contributed by atoms with Crippen LogP contribution in [0, 0.1) is 13.8 Å². The van der Waals surface area contributed by atoms with Gasteiger partial charge >= 0.3 is 0 Å². The van der Waals surface area contributed by atoms with Crippen molar-refractivity contribution < 1.29 is 4.79 Å². The van der Waals surface area contributed by atoms with Gasteiger partial charge in [0.25, 0.3) is 0 Å².